The Labute approximate surface area is 348 Å². The van der Waals surface area contributed by atoms with Gasteiger partial charge in [-0.1, -0.05) is 65.7 Å². The molecule has 0 spiro atoms. The van der Waals surface area contributed by atoms with Crippen molar-refractivity contribution >= 4 is 92.8 Å². The van der Waals surface area contributed by atoms with Crippen LogP contribution in [0.25, 0.3) is 12.2 Å². The third kappa shape index (κ3) is 12.0. The number of nitrogens with zero attached hydrogens (tertiary/aromatic N) is 8. The fourth-order valence-electron chi connectivity index (χ4n) is 5.38. The molecule has 0 unspecified atom stereocenters. The van der Waals surface area contributed by atoms with Crippen molar-refractivity contribution in [1.29, 1.82) is 0 Å². The fourth-order valence-corrected chi connectivity index (χ4v) is 6.60. The zero-order valence-corrected chi connectivity index (χ0v) is 33.7. The highest BCUT2D eigenvalue weighted by Crippen LogP contribution is 2.32. The monoisotopic (exact) mass is 856 g/mol. The van der Waals surface area contributed by atoms with Gasteiger partial charge < -0.3 is 41.3 Å². The van der Waals surface area contributed by atoms with Gasteiger partial charge in [0.25, 0.3) is 10.1 Å². The number of aromatic nitrogens is 6. The van der Waals surface area contributed by atoms with E-state index >= 15 is 0 Å². The van der Waals surface area contributed by atoms with E-state index < -0.39 is 15.0 Å². The first-order chi connectivity index (χ1) is 29.0. The van der Waals surface area contributed by atoms with E-state index in [4.69, 9.17) is 9.59 Å². The molecule has 0 atom stereocenters. The number of aliphatic hydroxyl groups is 2. The topological polar surface area (TPSA) is 265 Å². The molecule has 6 rings (SSSR count). The van der Waals surface area contributed by atoms with E-state index in [0.29, 0.717) is 33.9 Å². The Hall–Kier alpha value is -6.50. The number of hydrogen-bond donors (Lipinski definition) is 8. The molecule has 6 aromatic rings. The third-order valence-electron chi connectivity index (χ3n) is 8.27. The SMILES string of the molecule is CN(CCO)c1nc(Nc2ccccc2)nc(Nc2ccc(C=Cc3ccc(Nc4nc(Nc5ccccc5)nc(N(C)CCO)n4)cc3S(=O)(=O)O)c(SOOO)c2)n1. The molecule has 20 nitrogen and oxygen atoms in total. The van der Waals surface area contributed by atoms with E-state index in [2.05, 4.69) is 56.2 Å². The first-order valence-electron chi connectivity index (χ1n) is 17.9. The van der Waals surface area contributed by atoms with E-state index in [0.717, 1.165) is 5.69 Å². The number of para-hydroxylation sites is 2. The molecule has 0 saturated carbocycles. The van der Waals surface area contributed by atoms with Gasteiger partial charge in [0.15, 0.2) is 0 Å². The van der Waals surface area contributed by atoms with Gasteiger partial charge in [0.05, 0.1) is 25.3 Å². The van der Waals surface area contributed by atoms with Crippen LogP contribution >= 0.6 is 12.0 Å². The maximum atomic E-state index is 12.7. The highest BCUT2D eigenvalue weighted by molar-refractivity contribution is 7.94. The summed E-state index contributed by atoms with van der Waals surface area (Å²) in [7, 11) is -1.34. The minimum Gasteiger partial charge on any atom is -0.395 e. The fraction of sp³-hybridized carbons (Fsp3) is 0.158. The number of hydrogen-bond acceptors (Lipinski definition) is 20. The van der Waals surface area contributed by atoms with E-state index in [1.165, 1.54) is 18.2 Å². The third-order valence-corrected chi connectivity index (χ3v) is 9.85. The van der Waals surface area contributed by atoms with Crippen LogP contribution in [0.15, 0.2) is 107 Å². The summed E-state index contributed by atoms with van der Waals surface area (Å²) < 4.78 is 40.4. The first kappa shape index (κ1) is 43.1. The van der Waals surface area contributed by atoms with Gasteiger partial charge >= 0.3 is 0 Å². The van der Waals surface area contributed by atoms with Crippen LogP contribution in [0.4, 0.5) is 58.4 Å². The second kappa shape index (κ2) is 20.5. The smallest absolute Gasteiger partial charge is 0.295 e. The zero-order chi connectivity index (χ0) is 42.5. The van der Waals surface area contributed by atoms with Gasteiger partial charge in [-0.2, -0.15) is 38.3 Å². The lowest BCUT2D eigenvalue weighted by atomic mass is 10.1. The van der Waals surface area contributed by atoms with Crippen molar-refractivity contribution in [2.45, 2.75) is 9.79 Å². The average Bonchev–Trinajstić information content (AvgIpc) is 3.23. The van der Waals surface area contributed by atoms with Crippen LogP contribution in [0.5, 0.6) is 0 Å². The summed E-state index contributed by atoms with van der Waals surface area (Å²) in [6, 6.07) is 27.8. The summed E-state index contributed by atoms with van der Waals surface area (Å²) in [4.78, 5) is 30.1. The van der Waals surface area contributed by atoms with Gasteiger partial charge in [0.1, 0.15) is 4.90 Å². The minimum atomic E-state index is -4.76. The van der Waals surface area contributed by atoms with Crippen LogP contribution in [0.1, 0.15) is 11.1 Å². The van der Waals surface area contributed by atoms with Gasteiger partial charge in [-0.3, -0.25) is 4.55 Å². The molecule has 60 heavy (non-hydrogen) atoms. The van der Waals surface area contributed by atoms with Crippen LogP contribution in [0.3, 0.4) is 0 Å². The molecule has 0 amide bonds. The maximum absolute atomic E-state index is 12.7. The average molecular weight is 857 g/mol. The van der Waals surface area contributed by atoms with Crippen molar-refractivity contribution in [1.82, 2.24) is 29.9 Å². The van der Waals surface area contributed by atoms with Gasteiger partial charge in [0, 0.05) is 54.8 Å². The molecule has 2 heterocycles. The Bertz CT molecular complexity index is 2510. The number of aliphatic hydroxyl groups excluding tert-OH is 2. The Balaban J connectivity index is 1.27. The molecular weight excluding hydrogens is 817 g/mol. The molecule has 0 bridgehead atoms. The lowest BCUT2D eigenvalue weighted by molar-refractivity contribution is -0.432. The van der Waals surface area contributed by atoms with Crippen LogP contribution in [-0.2, 0) is 19.5 Å². The lowest BCUT2D eigenvalue weighted by Gasteiger charge is -2.18. The van der Waals surface area contributed by atoms with E-state index in [-0.39, 0.29) is 73.2 Å². The first-order valence-corrected chi connectivity index (χ1v) is 20.1. The number of anilines is 10. The quantitative estimate of drug-likeness (QED) is 0.0150. The van der Waals surface area contributed by atoms with Crippen molar-refractivity contribution in [3.8, 4) is 0 Å². The van der Waals surface area contributed by atoms with Crippen LogP contribution in [0, 0.1) is 0 Å². The van der Waals surface area contributed by atoms with Crippen molar-refractivity contribution in [2.24, 2.45) is 0 Å². The molecule has 0 radical (unpaired) electrons. The maximum Gasteiger partial charge on any atom is 0.295 e. The predicted octanol–water partition coefficient (Wildman–Crippen LogP) is 5.73. The van der Waals surface area contributed by atoms with Crippen molar-refractivity contribution in [3.05, 3.63) is 108 Å². The highest BCUT2D eigenvalue weighted by atomic mass is 32.2. The number of rotatable bonds is 20. The largest absolute Gasteiger partial charge is 0.395 e. The molecule has 312 valence electrons. The predicted molar refractivity (Wildman–Crippen MR) is 229 cm³/mol. The molecule has 0 fully saturated rings. The number of nitrogens with one attached hydrogen (secondary N) is 4. The number of benzene rings is 4. The normalized spacial score (nSPS) is 11.4. The summed E-state index contributed by atoms with van der Waals surface area (Å²) >= 11 is 0.663. The molecule has 22 heteroatoms. The van der Waals surface area contributed by atoms with Gasteiger partial charge in [-0.25, -0.2) is 5.26 Å². The van der Waals surface area contributed by atoms with Crippen molar-refractivity contribution < 1.29 is 37.8 Å². The van der Waals surface area contributed by atoms with Crippen LogP contribution in [-0.4, -0.2) is 98.7 Å². The molecule has 0 aliphatic rings. The molecular formula is C38H40N12O8S2. The molecule has 2 aromatic heterocycles. The molecule has 8 N–H and O–H groups in total. The zero-order valence-electron chi connectivity index (χ0n) is 32.0. The van der Waals surface area contributed by atoms with E-state index in [1.54, 1.807) is 54.2 Å². The van der Waals surface area contributed by atoms with E-state index in [9.17, 15) is 23.2 Å². The van der Waals surface area contributed by atoms with Gasteiger partial charge in [0.2, 0.25) is 35.7 Å². The van der Waals surface area contributed by atoms with Gasteiger partial charge in [-0.15, -0.1) is 4.33 Å². The second-order valence-corrected chi connectivity index (χ2v) is 14.8. The second-order valence-electron chi connectivity index (χ2n) is 12.6. The van der Waals surface area contributed by atoms with Crippen LogP contribution < -0.4 is 31.1 Å². The van der Waals surface area contributed by atoms with Gasteiger partial charge in [-0.05, 0) is 59.7 Å². The summed E-state index contributed by atoms with van der Waals surface area (Å²) in [5.41, 5.74) is 2.81. The summed E-state index contributed by atoms with van der Waals surface area (Å²) in [5.74, 6) is 1.18. The Kier molecular flexibility index (Phi) is 14.7. The van der Waals surface area contributed by atoms with E-state index in [1.807, 2.05) is 60.7 Å². The summed E-state index contributed by atoms with van der Waals surface area (Å²) in [6.07, 6.45) is 3.05. The lowest BCUT2D eigenvalue weighted by Crippen LogP contribution is -2.24. The summed E-state index contributed by atoms with van der Waals surface area (Å²) in [6.45, 7) is 0.230. The Morgan fingerprint density at radius 2 is 1.05 bits per heavy atom. The molecule has 0 aliphatic carbocycles. The number of likely N-dealkylation sites (N-methyl/N-ethyl adjacent to an activating group) is 2. The Morgan fingerprint density at radius 3 is 1.50 bits per heavy atom. The van der Waals surface area contributed by atoms with Crippen LogP contribution in [0.2, 0.25) is 0 Å². The van der Waals surface area contributed by atoms with Crippen molar-refractivity contribution in [3.63, 3.8) is 0 Å². The Morgan fingerprint density at radius 1 is 0.617 bits per heavy atom. The highest BCUT2D eigenvalue weighted by Gasteiger charge is 2.18. The molecule has 0 saturated heterocycles. The molecule has 4 aromatic carbocycles. The minimum absolute atomic E-state index is 0.0588. The summed E-state index contributed by atoms with van der Waals surface area (Å²) in [5, 5.41) is 44.2. The van der Waals surface area contributed by atoms with Crippen molar-refractivity contribution in [2.75, 3.05) is 71.5 Å². The molecule has 0 aliphatic heterocycles. The standard InChI is InChI=1S/C38H40N12O8S2/c1-49(19-21-51)37-45-33(39-27-9-5-3-6-10-27)43-35(47-37)41-29-17-15-25(31(23-29)59-58-57-53)13-14-26-16-18-30(24-32(26)60(54,55)56)42-36-44-34(40-28-11-7-4-8-12-28)46-38(48-36)50(2)20-22-52/h3-18,23-24,51-53H,19-22H2,1-2H3,(H,54,55,56)(H2,39,41,43,45,47)(H2,40,42,44,46,48).